The van der Waals surface area contributed by atoms with Gasteiger partial charge >= 0.3 is 7.12 Å². The first kappa shape index (κ1) is 28.1. The summed E-state index contributed by atoms with van der Waals surface area (Å²) in [6, 6.07) is 11.1. The molecule has 1 aliphatic carbocycles. The Morgan fingerprint density at radius 2 is 1.68 bits per heavy atom. The number of hydrogen-bond donors (Lipinski definition) is 0. The van der Waals surface area contributed by atoms with Crippen LogP contribution in [0.3, 0.4) is 0 Å². The third-order valence-electron chi connectivity index (χ3n) is 9.13. The zero-order valence-corrected chi connectivity index (χ0v) is 25.2. The highest BCUT2D eigenvalue weighted by molar-refractivity contribution is 7.91. The molecule has 1 atom stereocenters. The van der Waals surface area contributed by atoms with Crippen molar-refractivity contribution in [3.8, 4) is 11.1 Å². The number of carbonyl (C=O) groups excluding carboxylic acids is 1. The van der Waals surface area contributed by atoms with Crippen LogP contribution in [0.4, 0.5) is 0 Å². The molecule has 10 heteroatoms. The Bertz CT molecular complexity index is 1680. The first-order valence-corrected chi connectivity index (χ1v) is 15.5. The van der Waals surface area contributed by atoms with Crippen molar-refractivity contribution in [3.63, 3.8) is 0 Å². The maximum absolute atomic E-state index is 14.4. The summed E-state index contributed by atoms with van der Waals surface area (Å²) >= 11 is 0. The molecule has 0 N–H and O–H groups in total. The van der Waals surface area contributed by atoms with E-state index in [9.17, 15) is 13.2 Å². The van der Waals surface area contributed by atoms with E-state index >= 15 is 0 Å². The summed E-state index contributed by atoms with van der Waals surface area (Å²) in [6.45, 7) is 11.2. The fraction of sp³-hybridized carbons (Fsp3) is 0.419. The highest BCUT2D eigenvalue weighted by Crippen LogP contribution is 2.42. The van der Waals surface area contributed by atoms with Crippen molar-refractivity contribution in [1.29, 1.82) is 0 Å². The number of rotatable bonds is 6. The Morgan fingerprint density at radius 3 is 2.32 bits per heavy atom. The molecule has 3 aromatic rings. The predicted molar refractivity (Wildman–Crippen MR) is 161 cm³/mol. The van der Waals surface area contributed by atoms with Crippen LogP contribution in [0.2, 0.25) is 0 Å². The van der Waals surface area contributed by atoms with Crippen molar-refractivity contribution in [1.82, 2.24) is 13.9 Å². The number of pyridine rings is 1. The van der Waals surface area contributed by atoms with E-state index in [1.807, 2.05) is 77.2 Å². The molecule has 2 fully saturated rings. The SMILES string of the molecule is CN1CC(C(=O)c2ccc(-c3cn(S(=O)(=O)C4(C)C=C(B5OC(C)(C)C(C)(C)O5)C=CC4)c4ncccc34)cc2)C1. The van der Waals surface area contributed by atoms with Gasteiger partial charge in [-0.3, -0.25) is 4.79 Å². The number of aromatic nitrogens is 2. The average Bonchev–Trinajstić information content (AvgIpc) is 3.40. The molecule has 2 saturated heterocycles. The third kappa shape index (κ3) is 4.52. The van der Waals surface area contributed by atoms with Gasteiger partial charge in [-0.15, -0.1) is 0 Å². The third-order valence-corrected chi connectivity index (χ3v) is 11.4. The minimum absolute atomic E-state index is 0.0301. The van der Waals surface area contributed by atoms with Crippen LogP contribution < -0.4 is 0 Å². The Balaban J connectivity index is 1.36. The maximum Gasteiger partial charge on any atom is 0.494 e. The van der Waals surface area contributed by atoms with Gasteiger partial charge in [-0.05, 0) is 71.3 Å². The molecule has 4 heterocycles. The minimum atomic E-state index is -3.97. The van der Waals surface area contributed by atoms with Gasteiger partial charge < -0.3 is 14.2 Å². The summed E-state index contributed by atoms with van der Waals surface area (Å²) in [5, 5.41) is 0.723. The van der Waals surface area contributed by atoms with Crippen LogP contribution in [0.25, 0.3) is 22.2 Å². The lowest BCUT2D eigenvalue weighted by atomic mass is 9.74. The fourth-order valence-electron chi connectivity index (χ4n) is 5.78. The summed E-state index contributed by atoms with van der Waals surface area (Å²) < 4.78 is 41.3. The van der Waals surface area contributed by atoms with Crippen LogP contribution in [0.5, 0.6) is 0 Å². The van der Waals surface area contributed by atoms with Crippen molar-refractivity contribution >= 4 is 34.0 Å². The Hall–Kier alpha value is -3.05. The fourth-order valence-corrected chi connectivity index (χ4v) is 7.44. The van der Waals surface area contributed by atoms with Gasteiger partial charge in [0.15, 0.2) is 11.4 Å². The summed E-state index contributed by atoms with van der Waals surface area (Å²) in [7, 11) is -2.63. The van der Waals surface area contributed by atoms with E-state index in [1.165, 1.54) is 3.97 Å². The molecule has 8 nitrogen and oxygen atoms in total. The molecule has 0 amide bonds. The lowest BCUT2D eigenvalue weighted by molar-refractivity contribution is 0.00578. The quantitative estimate of drug-likeness (QED) is 0.306. The van der Waals surface area contributed by atoms with Gasteiger partial charge in [0.1, 0.15) is 4.75 Å². The zero-order valence-electron chi connectivity index (χ0n) is 24.4. The molecule has 0 spiro atoms. The number of nitrogens with zero attached hydrogens (tertiary/aromatic N) is 3. The normalized spacial score (nSPS) is 24.4. The van der Waals surface area contributed by atoms with Crippen LogP contribution >= 0.6 is 0 Å². The number of fused-ring (bicyclic) bond motifs is 1. The highest BCUT2D eigenvalue weighted by Gasteiger charge is 2.53. The van der Waals surface area contributed by atoms with Crippen molar-refractivity contribution < 1.29 is 22.5 Å². The van der Waals surface area contributed by atoms with E-state index in [0.29, 0.717) is 23.1 Å². The van der Waals surface area contributed by atoms with Crippen molar-refractivity contribution in [2.75, 3.05) is 20.1 Å². The molecule has 0 radical (unpaired) electrons. The molecular formula is C31H36BN3O5S. The molecule has 3 aliphatic rings. The maximum atomic E-state index is 14.4. The Kier molecular flexibility index (Phi) is 6.50. The first-order chi connectivity index (χ1) is 19.2. The molecular weight excluding hydrogens is 537 g/mol. The van der Waals surface area contributed by atoms with Gasteiger partial charge in [0.05, 0.1) is 11.2 Å². The molecule has 214 valence electrons. The summed E-state index contributed by atoms with van der Waals surface area (Å²) in [5.74, 6) is 0.173. The smallest absolute Gasteiger partial charge is 0.399 e. The second kappa shape index (κ2) is 9.49. The number of ketones is 1. The van der Waals surface area contributed by atoms with Crippen LogP contribution in [0.1, 0.15) is 51.4 Å². The van der Waals surface area contributed by atoms with Crippen LogP contribution in [0.15, 0.2) is 72.5 Å². The number of benzene rings is 1. The van der Waals surface area contributed by atoms with E-state index in [0.717, 1.165) is 29.6 Å². The summed E-state index contributed by atoms with van der Waals surface area (Å²) in [4.78, 5) is 19.4. The molecule has 6 rings (SSSR count). The van der Waals surface area contributed by atoms with E-state index in [2.05, 4.69) is 9.88 Å². The predicted octanol–water partition coefficient (Wildman–Crippen LogP) is 4.90. The van der Waals surface area contributed by atoms with Gasteiger partial charge in [0.25, 0.3) is 0 Å². The Labute approximate surface area is 242 Å². The summed E-state index contributed by atoms with van der Waals surface area (Å²) in [6.07, 6.45) is 9.07. The average molecular weight is 574 g/mol. The largest absolute Gasteiger partial charge is 0.494 e. The molecule has 1 unspecified atom stereocenters. The first-order valence-electron chi connectivity index (χ1n) is 14.0. The summed E-state index contributed by atoms with van der Waals surface area (Å²) in [5.41, 5.74) is 2.20. The monoisotopic (exact) mass is 573 g/mol. The van der Waals surface area contributed by atoms with Crippen molar-refractivity contribution in [2.45, 2.75) is 57.0 Å². The second-order valence-corrected chi connectivity index (χ2v) is 15.0. The van der Waals surface area contributed by atoms with E-state index in [-0.39, 0.29) is 11.7 Å². The van der Waals surface area contributed by atoms with E-state index in [4.69, 9.17) is 9.31 Å². The van der Waals surface area contributed by atoms with E-state index < -0.39 is 33.1 Å². The number of Topliss-reactive ketones (excluding diaryl/α,β-unsaturated/α-hetero) is 1. The lowest BCUT2D eigenvalue weighted by Gasteiger charge is -2.34. The van der Waals surface area contributed by atoms with Crippen molar-refractivity contribution in [3.05, 3.63) is 78.1 Å². The van der Waals surface area contributed by atoms with Gasteiger partial charge in [-0.1, -0.05) is 42.5 Å². The number of allylic oxidation sites excluding steroid dienone is 3. The number of hydrogen-bond acceptors (Lipinski definition) is 7. The van der Waals surface area contributed by atoms with Crippen LogP contribution in [-0.2, 0) is 19.3 Å². The zero-order chi connectivity index (χ0) is 29.4. The molecule has 2 aromatic heterocycles. The minimum Gasteiger partial charge on any atom is -0.399 e. The number of likely N-dealkylation sites (tertiary alicyclic amines) is 1. The van der Waals surface area contributed by atoms with Crippen LogP contribution in [-0.4, -0.2) is 71.3 Å². The number of carbonyl (C=O) groups is 1. The molecule has 41 heavy (non-hydrogen) atoms. The highest BCUT2D eigenvalue weighted by atomic mass is 32.2. The molecule has 0 saturated carbocycles. The topological polar surface area (TPSA) is 90.7 Å². The molecule has 0 bridgehead atoms. The molecule has 2 aliphatic heterocycles. The standard InChI is InChI=1S/C31H36BN3O5S/c1-29(2)30(3,4)40-32(39-29)24-9-7-15-31(5,17-24)41(37,38)35-20-26(25-10-8-16-33-28(25)35)21-11-13-22(14-12-21)27(36)23-18-34(6)19-23/h7-14,16-17,20,23H,15,18-19H2,1-6H3. The van der Waals surface area contributed by atoms with Crippen molar-refractivity contribution in [2.24, 2.45) is 5.92 Å². The van der Waals surface area contributed by atoms with Gasteiger partial charge in [0.2, 0.25) is 10.0 Å². The molecule has 1 aromatic carbocycles. The van der Waals surface area contributed by atoms with Gasteiger partial charge in [-0.2, -0.15) is 0 Å². The second-order valence-electron chi connectivity index (χ2n) is 12.7. The van der Waals surface area contributed by atoms with E-state index in [1.54, 1.807) is 31.5 Å². The Morgan fingerprint density at radius 1 is 1.02 bits per heavy atom. The van der Waals surface area contributed by atoms with Gasteiger partial charge in [0, 0.05) is 47.9 Å². The van der Waals surface area contributed by atoms with Gasteiger partial charge in [-0.25, -0.2) is 17.4 Å². The lowest BCUT2D eigenvalue weighted by Crippen LogP contribution is -2.47. The van der Waals surface area contributed by atoms with Crippen LogP contribution in [0, 0.1) is 5.92 Å².